The van der Waals surface area contributed by atoms with Crippen LogP contribution in [0.3, 0.4) is 0 Å². The number of rotatable bonds is 2. The number of carbonyl (C=O) groups excluding carboxylic acids is 1. The predicted molar refractivity (Wildman–Crippen MR) is 63.5 cm³/mol. The molecular weight excluding hydrogens is 217 g/mol. The van der Waals surface area contributed by atoms with Crippen LogP contribution in [0.5, 0.6) is 0 Å². The zero-order chi connectivity index (χ0) is 12.4. The van der Waals surface area contributed by atoms with E-state index in [0.717, 1.165) is 5.56 Å². The van der Waals surface area contributed by atoms with Gasteiger partial charge in [0, 0.05) is 23.5 Å². The molecule has 0 saturated carbocycles. The van der Waals surface area contributed by atoms with Gasteiger partial charge >= 0.3 is 0 Å². The van der Waals surface area contributed by atoms with Gasteiger partial charge in [0.2, 0.25) is 0 Å². The van der Waals surface area contributed by atoms with Crippen LogP contribution in [0, 0.1) is 19.7 Å². The lowest BCUT2D eigenvalue weighted by Crippen LogP contribution is -2.07. The van der Waals surface area contributed by atoms with Gasteiger partial charge in [-0.3, -0.25) is 9.78 Å². The number of pyridine rings is 1. The van der Waals surface area contributed by atoms with Crippen molar-refractivity contribution in [1.29, 1.82) is 0 Å². The third-order valence-corrected chi connectivity index (χ3v) is 2.80. The molecule has 0 bridgehead atoms. The number of benzene rings is 1. The number of carbonyl (C=O) groups is 1. The van der Waals surface area contributed by atoms with E-state index in [1.807, 2.05) is 6.92 Å². The monoisotopic (exact) mass is 229 g/mol. The van der Waals surface area contributed by atoms with Crippen molar-refractivity contribution in [3.63, 3.8) is 0 Å². The van der Waals surface area contributed by atoms with Gasteiger partial charge in [0.05, 0.1) is 0 Å². The van der Waals surface area contributed by atoms with Crippen LogP contribution in [-0.2, 0) is 0 Å². The maximum absolute atomic E-state index is 13.4. The number of halogens is 1. The highest BCUT2D eigenvalue weighted by molar-refractivity contribution is 6.10. The van der Waals surface area contributed by atoms with Crippen molar-refractivity contribution in [1.82, 2.24) is 4.98 Å². The van der Waals surface area contributed by atoms with E-state index in [4.69, 9.17) is 0 Å². The minimum Gasteiger partial charge on any atom is -0.289 e. The fourth-order valence-electron chi connectivity index (χ4n) is 1.70. The minimum atomic E-state index is -0.364. The Hall–Kier alpha value is -2.03. The SMILES string of the molecule is Cc1ccncc1C(=O)c1cccc(F)c1C. The van der Waals surface area contributed by atoms with Gasteiger partial charge in [0.15, 0.2) is 5.78 Å². The third-order valence-electron chi connectivity index (χ3n) is 2.80. The fraction of sp³-hybridized carbons (Fsp3) is 0.143. The summed E-state index contributed by atoms with van der Waals surface area (Å²) in [5.41, 5.74) is 2.12. The summed E-state index contributed by atoms with van der Waals surface area (Å²) in [6.07, 6.45) is 3.15. The Labute approximate surface area is 99.1 Å². The van der Waals surface area contributed by atoms with Crippen molar-refractivity contribution in [2.75, 3.05) is 0 Å². The minimum absolute atomic E-state index is 0.187. The largest absolute Gasteiger partial charge is 0.289 e. The molecule has 0 amide bonds. The Morgan fingerprint density at radius 2 is 1.94 bits per heavy atom. The highest BCUT2D eigenvalue weighted by Gasteiger charge is 2.15. The Bertz CT molecular complexity index is 578. The van der Waals surface area contributed by atoms with Crippen LogP contribution >= 0.6 is 0 Å². The summed E-state index contributed by atoms with van der Waals surface area (Å²) in [6.45, 7) is 3.44. The lowest BCUT2D eigenvalue weighted by molar-refractivity contribution is 0.103. The van der Waals surface area contributed by atoms with Gasteiger partial charge in [-0.05, 0) is 37.1 Å². The maximum Gasteiger partial charge on any atom is 0.195 e. The van der Waals surface area contributed by atoms with Gasteiger partial charge in [-0.15, -0.1) is 0 Å². The molecule has 1 aromatic carbocycles. The van der Waals surface area contributed by atoms with Crippen molar-refractivity contribution < 1.29 is 9.18 Å². The molecule has 1 aromatic heterocycles. The first-order valence-electron chi connectivity index (χ1n) is 5.31. The van der Waals surface area contributed by atoms with Crippen LogP contribution in [-0.4, -0.2) is 10.8 Å². The van der Waals surface area contributed by atoms with Crippen LogP contribution in [0.4, 0.5) is 4.39 Å². The molecule has 0 spiro atoms. The highest BCUT2D eigenvalue weighted by Crippen LogP contribution is 2.18. The molecule has 2 rings (SSSR count). The smallest absolute Gasteiger partial charge is 0.195 e. The Morgan fingerprint density at radius 3 is 2.65 bits per heavy atom. The second-order valence-electron chi connectivity index (χ2n) is 3.93. The Kier molecular flexibility index (Phi) is 3.00. The molecule has 2 aromatic rings. The molecule has 0 radical (unpaired) electrons. The lowest BCUT2D eigenvalue weighted by atomic mass is 9.97. The summed E-state index contributed by atoms with van der Waals surface area (Å²) < 4.78 is 13.4. The topological polar surface area (TPSA) is 30.0 Å². The molecule has 0 saturated heterocycles. The Balaban J connectivity index is 2.52. The molecule has 0 aliphatic heterocycles. The number of aromatic nitrogens is 1. The summed E-state index contributed by atoms with van der Waals surface area (Å²) in [5.74, 6) is -0.551. The van der Waals surface area contributed by atoms with Crippen molar-refractivity contribution in [3.8, 4) is 0 Å². The van der Waals surface area contributed by atoms with E-state index >= 15 is 0 Å². The quantitative estimate of drug-likeness (QED) is 0.741. The molecule has 0 unspecified atom stereocenters. The first kappa shape index (κ1) is 11.5. The van der Waals surface area contributed by atoms with Gasteiger partial charge in [0.1, 0.15) is 5.82 Å². The first-order valence-corrected chi connectivity index (χ1v) is 5.31. The van der Waals surface area contributed by atoms with E-state index in [0.29, 0.717) is 16.7 Å². The standard InChI is InChI=1S/C14H12FNO/c1-9-6-7-16-8-12(9)14(17)11-4-3-5-13(15)10(11)2/h3-8H,1-2H3. The maximum atomic E-state index is 13.4. The Morgan fingerprint density at radius 1 is 1.18 bits per heavy atom. The van der Waals surface area contributed by atoms with Crippen molar-refractivity contribution in [3.05, 3.63) is 64.7 Å². The molecule has 0 aliphatic carbocycles. The van der Waals surface area contributed by atoms with Crippen LogP contribution in [0.2, 0.25) is 0 Å². The van der Waals surface area contributed by atoms with E-state index in [9.17, 15) is 9.18 Å². The number of hydrogen-bond donors (Lipinski definition) is 0. The van der Waals surface area contributed by atoms with Gasteiger partial charge in [0.25, 0.3) is 0 Å². The van der Waals surface area contributed by atoms with Gasteiger partial charge in [-0.2, -0.15) is 0 Å². The number of ketones is 1. The summed E-state index contributed by atoms with van der Waals surface area (Å²) in [7, 11) is 0. The van der Waals surface area contributed by atoms with Crippen LogP contribution in [0.25, 0.3) is 0 Å². The highest BCUT2D eigenvalue weighted by atomic mass is 19.1. The van der Waals surface area contributed by atoms with Gasteiger partial charge in [-0.1, -0.05) is 12.1 Å². The van der Waals surface area contributed by atoms with Gasteiger partial charge < -0.3 is 0 Å². The molecule has 17 heavy (non-hydrogen) atoms. The molecule has 0 N–H and O–H groups in total. The van der Waals surface area contributed by atoms with E-state index in [1.54, 1.807) is 31.3 Å². The van der Waals surface area contributed by atoms with Crippen molar-refractivity contribution in [2.24, 2.45) is 0 Å². The number of nitrogens with zero attached hydrogens (tertiary/aromatic N) is 1. The number of aryl methyl sites for hydroxylation is 1. The van der Waals surface area contributed by atoms with E-state index in [1.165, 1.54) is 12.3 Å². The predicted octanol–water partition coefficient (Wildman–Crippen LogP) is 3.07. The molecule has 3 heteroatoms. The molecule has 86 valence electrons. The summed E-state index contributed by atoms with van der Waals surface area (Å²) >= 11 is 0. The fourth-order valence-corrected chi connectivity index (χ4v) is 1.70. The first-order chi connectivity index (χ1) is 8.11. The summed E-state index contributed by atoms with van der Waals surface area (Å²) in [5, 5.41) is 0. The average Bonchev–Trinajstić information content (AvgIpc) is 2.32. The van der Waals surface area contributed by atoms with E-state index in [2.05, 4.69) is 4.98 Å². The summed E-state index contributed by atoms with van der Waals surface area (Å²) in [6, 6.07) is 6.29. The zero-order valence-corrected chi connectivity index (χ0v) is 9.70. The average molecular weight is 229 g/mol. The normalized spacial score (nSPS) is 10.3. The molecule has 0 fully saturated rings. The zero-order valence-electron chi connectivity index (χ0n) is 9.70. The lowest BCUT2D eigenvalue weighted by Gasteiger charge is -2.07. The summed E-state index contributed by atoms with van der Waals surface area (Å²) in [4.78, 5) is 16.2. The van der Waals surface area contributed by atoms with Crippen LogP contribution in [0.15, 0.2) is 36.7 Å². The van der Waals surface area contributed by atoms with E-state index < -0.39 is 0 Å². The number of hydrogen-bond acceptors (Lipinski definition) is 2. The van der Waals surface area contributed by atoms with Crippen molar-refractivity contribution >= 4 is 5.78 Å². The van der Waals surface area contributed by atoms with E-state index in [-0.39, 0.29) is 11.6 Å². The molecular formula is C14H12FNO. The molecule has 2 nitrogen and oxygen atoms in total. The second-order valence-corrected chi connectivity index (χ2v) is 3.93. The third kappa shape index (κ3) is 2.09. The van der Waals surface area contributed by atoms with Crippen molar-refractivity contribution in [2.45, 2.75) is 13.8 Å². The molecule has 1 heterocycles. The van der Waals surface area contributed by atoms with Crippen LogP contribution < -0.4 is 0 Å². The molecule has 0 aliphatic rings. The second kappa shape index (κ2) is 4.45. The van der Waals surface area contributed by atoms with Gasteiger partial charge in [-0.25, -0.2) is 4.39 Å². The van der Waals surface area contributed by atoms with Crippen LogP contribution in [0.1, 0.15) is 27.0 Å². The molecule has 0 atom stereocenters.